The predicted octanol–water partition coefficient (Wildman–Crippen LogP) is 11.2. The van der Waals surface area contributed by atoms with Crippen LogP contribution < -0.4 is 10.4 Å². The molecule has 2 heterocycles. The Morgan fingerprint density at radius 3 is 1.38 bits per heavy atom. The second-order valence-electron chi connectivity index (χ2n) is 15.1. The van der Waals surface area contributed by atoms with Gasteiger partial charge < -0.3 is 0 Å². The van der Waals surface area contributed by atoms with E-state index in [0.717, 1.165) is 37.4 Å². The molecule has 4 nitrogen and oxygen atoms in total. The summed E-state index contributed by atoms with van der Waals surface area (Å²) >= 11 is 0. The van der Waals surface area contributed by atoms with E-state index >= 15 is 0 Å². The van der Waals surface area contributed by atoms with Gasteiger partial charge in [-0.1, -0.05) is 122 Å². The monoisotopic (exact) mass is 706 g/mol. The first-order chi connectivity index (χ1) is 24.8. The Hall–Kier alpha value is -2.74. The molecule has 0 N–H and O–H groups in total. The van der Waals surface area contributed by atoms with Crippen LogP contribution in [-0.2, 0) is 9.05 Å². The van der Waals surface area contributed by atoms with Crippen molar-refractivity contribution >= 4 is 27.0 Å². The van der Waals surface area contributed by atoms with E-state index < -0.39 is 15.8 Å². The van der Waals surface area contributed by atoms with E-state index in [4.69, 9.17) is 9.05 Å². The van der Waals surface area contributed by atoms with Crippen LogP contribution in [0.5, 0.6) is 0 Å². The van der Waals surface area contributed by atoms with E-state index in [1.807, 2.05) is 0 Å². The summed E-state index contributed by atoms with van der Waals surface area (Å²) in [5, 5.41) is 2.85. The second-order valence-corrected chi connectivity index (χ2v) is 18.5. The molecule has 2 fully saturated rings. The van der Waals surface area contributed by atoms with E-state index in [1.165, 1.54) is 134 Å². The van der Waals surface area contributed by atoms with Crippen LogP contribution in [0.3, 0.4) is 0 Å². The highest BCUT2D eigenvalue weighted by molar-refractivity contribution is 7.42. The average Bonchev–Trinajstić information content (AvgIpc) is 3.62. The number of rotatable bonds is 11. The average molecular weight is 707 g/mol. The fourth-order valence-corrected chi connectivity index (χ4v) is 13.7. The highest BCUT2D eigenvalue weighted by atomic mass is 31.1. The molecule has 2 aromatic carbocycles. The maximum atomic E-state index is 7.03. The first-order valence-electron chi connectivity index (χ1n) is 20.0. The van der Waals surface area contributed by atoms with Crippen molar-refractivity contribution in [3.63, 3.8) is 0 Å². The summed E-state index contributed by atoms with van der Waals surface area (Å²) in [5.41, 5.74) is 2.75. The van der Waals surface area contributed by atoms with Gasteiger partial charge in [0.05, 0.1) is 12.1 Å². The van der Waals surface area contributed by atoms with Crippen LogP contribution in [0.4, 0.5) is 0 Å². The first kappa shape index (κ1) is 34.4. The minimum absolute atomic E-state index is 0.626. The van der Waals surface area contributed by atoms with E-state index in [1.54, 1.807) is 0 Å². The lowest BCUT2D eigenvalue weighted by atomic mass is 10.0. The third-order valence-corrected chi connectivity index (χ3v) is 16.1. The molecular weight excluding hydrogens is 650 g/mol. The summed E-state index contributed by atoms with van der Waals surface area (Å²) in [5.74, 6) is 2.24. The zero-order valence-corrected chi connectivity index (χ0v) is 31.8. The summed E-state index contributed by atoms with van der Waals surface area (Å²) in [6.45, 7) is 2.28. The third-order valence-electron chi connectivity index (χ3n) is 11.7. The molecule has 0 radical (unpaired) electrons. The van der Waals surface area contributed by atoms with Crippen LogP contribution in [0, 0.1) is 9.88 Å². The lowest BCUT2D eigenvalue weighted by molar-refractivity contribution is 0.270. The molecule has 4 aliphatic carbocycles. The smallest absolute Gasteiger partial charge is 0.269 e. The fourth-order valence-electron chi connectivity index (χ4n) is 9.06. The quantitative estimate of drug-likeness (QED) is 0.132. The third kappa shape index (κ3) is 7.56. The fraction of sp³-hybridized carbons (Fsp3) is 0.500. The molecule has 0 saturated heterocycles. The van der Waals surface area contributed by atoms with Gasteiger partial charge in [0.1, 0.15) is 0 Å². The van der Waals surface area contributed by atoms with Gasteiger partial charge in [-0.25, -0.2) is 0 Å². The topological polar surface area (TPSA) is 24.9 Å². The van der Waals surface area contributed by atoms with Crippen molar-refractivity contribution in [2.45, 2.75) is 128 Å². The van der Waals surface area contributed by atoms with Gasteiger partial charge in [-0.15, -0.1) is 0 Å². The zero-order chi connectivity index (χ0) is 33.5. The van der Waals surface area contributed by atoms with Crippen molar-refractivity contribution in [2.24, 2.45) is 0 Å². The lowest BCUT2D eigenvalue weighted by Crippen LogP contribution is -2.33. The van der Waals surface area contributed by atoms with Crippen molar-refractivity contribution < 1.29 is 9.05 Å². The highest BCUT2D eigenvalue weighted by Crippen LogP contribution is 2.47. The van der Waals surface area contributed by atoms with E-state index in [0.29, 0.717) is 12.1 Å². The Morgan fingerprint density at radius 1 is 0.520 bits per heavy atom. The number of unbranched alkanes of at least 4 members (excludes halogenated alkanes) is 3. The molecule has 2 atom stereocenters. The molecule has 2 saturated carbocycles. The van der Waals surface area contributed by atoms with Crippen molar-refractivity contribution in [3.05, 3.63) is 117 Å². The molecule has 50 heavy (non-hydrogen) atoms. The van der Waals surface area contributed by atoms with Gasteiger partial charge in [-0.2, -0.15) is 0 Å². The van der Waals surface area contributed by atoms with E-state index in [9.17, 15) is 0 Å². The van der Waals surface area contributed by atoms with Gasteiger partial charge in [0.25, 0.3) is 0 Å². The largest absolute Gasteiger partial charge is 0.412 e. The number of nitrogens with zero attached hydrogens (tertiary/aromatic N) is 2. The van der Waals surface area contributed by atoms with E-state index in [2.05, 4.69) is 94.3 Å². The summed E-state index contributed by atoms with van der Waals surface area (Å²) < 4.78 is 19.8. The van der Waals surface area contributed by atoms with Crippen LogP contribution in [0.2, 0.25) is 0 Å². The molecule has 0 spiro atoms. The Labute approximate surface area is 302 Å². The number of fused-ring (bicyclic) bond motifs is 4. The number of benzene rings is 2. The second kappa shape index (κ2) is 16.7. The predicted molar refractivity (Wildman–Crippen MR) is 211 cm³/mol. The molecule has 262 valence electrons. The van der Waals surface area contributed by atoms with Gasteiger partial charge >= 0.3 is 15.8 Å². The number of hydrogen-bond donors (Lipinski definition) is 0. The van der Waals surface area contributed by atoms with Crippen molar-refractivity contribution in [3.8, 4) is 0 Å². The molecule has 2 aromatic rings. The SMILES string of the molecule is C1=CCC2=c3ccccc3=[P+](N(CCCCCCN(C3CCCCCC3)[P+]3=c4ccccc4=C4CC=CC=C4O3)C3CCCCCC3)OC2=C1. The minimum atomic E-state index is -0.839. The lowest BCUT2D eigenvalue weighted by Gasteiger charge is -2.26. The molecule has 2 unspecified atom stereocenters. The molecule has 6 aliphatic rings. The molecular formula is C44H56N2O2P2+2. The first-order valence-corrected chi connectivity index (χ1v) is 22.4. The van der Waals surface area contributed by atoms with Crippen LogP contribution >= 0.6 is 15.8 Å². The maximum absolute atomic E-state index is 7.03. The summed E-state index contributed by atoms with van der Waals surface area (Å²) in [4.78, 5) is 2.87. The molecule has 0 aromatic heterocycles. The van der Waals surface area contributed by atoms with Gasteiger partial charge in [-0.3, -0.25) is 9.05 Å². The molecule has 8 rings (SSSR count). The molecule has 6 heteroatoms. The summed E-state index contributed by atoms with van der Waals surface area (Å²) in [6.07, 6.45) is 36.5. The van der Waals surface area contributed by atoms with Crippen molar-refractivity contribution in [1.82, 2.24) is 9.34 Å². The zero-order valence-electron chi connectivity index (χ0n) is 30.0. The Bertz CT molecular complexity index is 1770. The van der Waals surface area contributed by atoms with Crippen LogP contribution in [-0.4, -0.2) is 34.5 Å². The molecule has 2 aliphatic heterocycles. The maximum Gasteiger partial charge on any atom is 0.412 e. The number of hydrogen-bond acceptors (Lipinski definition) is 4. The van der Waals surface area contributed by atoms with Crippen LogP contribution in [0.15, 0.2) is 96.5 Å². The summed E-state index contributed by atoms with van der Waals surface area (Å²) in [7, 11) is -1.68. The van der Waals surface area contributed by atoms with Gasteiger partial charge in [0.15, 0.2) is 11.5 Å². The van der Waals surface area contributed by atoms with E-state index in [-0.39, 0.29) is 0 Å². The molecule has 0 bridgehead atoms. The highest BCUT2D eigenvalue weighted by Gasteiger charge is 2.40. The normalized spacial score (nSPS) is 22.4. The Kier molecular flexibility index (Phi) is 11.5. The van der Waals surface area contributed by atoms with Gasteiger partial charge in [0.2, 0.25) is 9.88 Å². The number of allylic oxidation sites excluding steroid dienone is 8. The standard InChI is InChI=1S/C44H56N2O2P2/c1-2-8-22-35(21-7-1)45(49-43-31-17-13-27-39(43)37-25-11-15-29-41(37)47-49)33-19-5-6-20-34-46(36-23-9-3-4-10-24-36)50-44-32-18-14-28-40(44)38-26-12-16-30-42(38)48-50/h11-18,27-32,35-36H,1-10,19-26,33-34H2/q+2. The Balaban J connectivity index is 0.998. The minimum Gasteiger partial charge on any atom is -0.269 e. The molecule has 0 amide bonds. The van der Waals surface area contributed by atoms with Gasteiger partial charge in [-0.05, 0) is 87.8 Å². The Morgan fingerprint density at radius 2 is 0.940 bits per heavy atom. The van der Waals surface area contributed by atoms with Gasteiger partial charge in [0, 0.05) is 34.7 Å². The van der Waals surface area contributed by atoms with Crippen LogP contribution in [0.25, 0.3) is 11.1 Å². The van der Waals surface area contributed by atoms with Crippen molar-refractivity contribution in [1.29, 1.82) is 0 Å². The van der Waals surface area contributed by atoms with Crippen molar-refractivity contribution in [2.75, 3.05) is 13.1 Å². The van der Waals surface area contributed by atoms with Crippen LogP contribution in [0.1, 0.15) is 116 Å². The summed E-state index contributed by atoms with van der Waals surface area (Å²) in [6, 6.07) is 19.6.